The summed E-state index contributed by atoms with van der Waals surface area (Å²) in [6, 6.07) is 0. The molecule has 0 aliphatic heterocycles. The molecule has 1 aromatic rings. The molecule has 1 aliphatic carbocycles. The molecule has 1 fully saturated rings. The summed E-state index contributed by atoms with van der Waals surface area (Å²) in [6.07, 6.45) is 1.42. The normalized spacial score (nSPS) is 21.4. The lowest BCUT2D eigenvalue weighted by Crippen LogP contribution is -2.14. The van der Waals surface area contributed by atoms with Crippen molar-refractivity contribution in [2.45, 2.75) is 20.5 Å². The molecule has 1 unspecified atom stereocenters. The molecule has 0 radical (unpaired) electrons. The number of halogens is 7. The quantitative estimate of drug-likeness (QED) is 0.313. The van der Waals surface area contributed by atoms with Crippen molar-refractivity contribution in [3.63, 3.8) is 0 Å². The lowest BCUT2D eigenvalue weighted by molar-refractivity contribution is -0.147. The molecule has 1 saturated carbocycles. The van der Waals surface area contributed by atoms with Gasteiger partial charge in [0.1, 0.15) is 11.1 Å². The number of esters is 1. The van der Waals surface area contributed by atoms with Gasteiger partial charge >= 0.3 is 5.97 Å². The Balaban J connectivity index is 2.16. The number of carbonyl (C=O) groups is 1. The third kappa shape index (κ3) is 3.24. The van der Waals surface area contributed by atoms with Crippen molar-refractivity contribution < 1.29 is 31.5 Å². The van der Waals surface area contributed by atoms with E-state index in [9.17, 15) is 26.7 Å². The van der Waals surface area contributed by atoms with Gasteiger partial charge in [-0.1, -0.05) is 37.0 Å². The second kappa shape index (κ2) is 6.52. The molecule has 0 spiro atoms. The number of carbonyl (C=O) groups excluding carboxylic acids is 1. The predicted molar refractivity (Wildman–Crippen MR) is 76.6 cm³/mol. The Hall–Kier alpha value is -1.34. The highest BCUT2D eigenvalue weighted by atomic mass is 35.5. The Bertz CT molecular complexity index is 700. The van der Waals surface area contributed by atoms with Crippen molar-refractivity contribution in [1.29, 1.82) is 0 Å². The fourth-order valence-electron chi connectivity index (χ4n) is 2.58. The number of hydrogen-bond acceptors (Lipinski definition) is 2. The molecule has 1 aliphatic rings. The van der Waals surface area contributed by atoms with E-state index in [0.717, 1.165) is 0 Å². The number of hydrogen-bond donors (Lipinski definition) is 0. The highest BCUT2D eigenvalue weighted by molar-refractivity contribution is 6.55. The molecule has 0 amide bonds. The van der Waals surface area contributed by atoms with Crippen LogP contribution in [0.15, 0.2) is 10.6 Å². The fraction of sp³-hybridized carbons (Fsp3) is 0.400. The fourth-order valence-corrected chi connectivity index (χ4v) is 2.86. The molecular weight excluding hydrogens is 378 g/mol. The summed E-state index contributed by atoms with van der Waals surface area (Å²) in [4.78, 5) is 12.0. The van der Waals surface area contributed by atoms with E-state index >= 15 is 0 Å². The van der Waals surface area contributed by atoms with Crippen LogP contribution in [0.1, 0.15) is 19.4 Å². The van der Waals surface area contributed by atoms with E-state index in [1.54, 1.807) is 13.8 Å². The molecule has 0 saturated heterocycles. The number of benzene rings is 1. The molecule has 0 N–H and O–H groups in total. The summed E-state index contributed by atoms with van der Waals surface area (Å²) in [6.45, 7) is 2.35. The minimum Gasteiger partial charge on any atom is -0.460 e. The monoisotopic (exact) mass is 388 g/mol. The van der Waals surface area contributed by atoms with Crippen molar-refractivity contribution >= 4 is 29.2 Å². The van der Waals surface area contributed by atoms with Gasteiger partial charge in [0.15, 0.2) is 23.3 Å². The van der Waals surface area contributed by atoms with E-state index < -0.39 is 58.6 Å². The first kappa shape index (κ1) is 19.0. The lowest BCUT2D eigenvalue weighted by Gasteiger charge is -2.09. The van der Waals surface area contributed by atoms with Crippen LogP contribution in [0.25, 0.3) is 0 Å². The predicted octanol–water partition coefficient (Wildman–Crippen LogP) is 5.02. The Morgan fingerprint density at radius 2 is 1.50 bits per heavy atom. The van der Waals surface area contributed by atoms with Gasteiger partial charge in [-0.15, -0.1) is 0 Å². The van der Waals surface area contributed by atoms with Crippen molar-refractivity contribution in [2.24, 2.45) is 17.3 Å². The van der Waals surface area contributed by atoms with E-state index in [1.807, 2.05) is 0 Å². The topological polar surface area (TPSA) is 26.3 Å². The van der Waals surface area contributed by atoms with Crippen molar-refractivity contribution in [2.75, 3.05) is 0 Å². The highest BCUT2D eigenvalue weighted by Crippen LogP contribution is 2.60. The molecule has 0 bridgehead atoms. The molecule has 24 heavy (non-hydrogen) atoms. The maximum atomic E-state index is 13.5. The Kier molecular flexibility index (Phi) is 5.16. The Morgan fingerprint density at radius 3 is 1.96 bits per heavy atom. The first-order valence-corrected chi connectivity index (χ1v) is 7.45. The first-order valence-electron chi connectivity index (χ1n) is 6.69. The third-order valence-corrected chi connectivity index (χ3v) is 4.38. The van der Waals surface area contributed by atoms with Crippen LogP contribution < -0.4 is 0 Å². The number of ether oxygens (including phenoxy) is 1. The standard InChI is InChI=1S/C15H11Cl2F5O2/c1-15(2)6(3-7(16)17)8(15)14(23)24-4-5-9(18)11(20)13(22)12(21)10(5)19/h3,6,8H,4H2,1-2H3/t6?,8-/m0/s1. The maximum Gasteiger partial charge on any atom is 0.310 e. The van der Waals surface area contributed by atoms with Gasteiger partial charge in [-0.05, 0) is 17.4 Å². The van der Waals surface area contributed by atoms with E-state index in [0.29, 0.717) is 0 Å². The van der Waals surface area contributed by atoms with Gasteiger partial charge in [-0.25, -0.2) is 22.0 Å². The Labute approximate surface area is 144 Å². The van der Waals surface area contributed by atoms with Gasteiger partial charge < -0.3 is 4.74 Å². The second-order valence-corrected chi connectivity index (χ2v) is 6.95. The van der Waals surface area contributed by atoms with Crippen molar-refractivity contribution in [1.82, 2.24) is 0 Å². The zero-order valence-corrected chi connectivity index (χ0v) is 13.9. The molecule has 0 aromatic heterocycles. The van der Waals surface area contributed by atoms with Crippen LogP contribution in [-0.4, -0.2) is 5.97 Å². The van der Waals surface area contributed by atoms with Crippen LogP contribution in [0.2, 0.25) is 0 Å². The van der Waals surface area contributed by atoms with Crippen molar-refractivity contribution in [3.8, 4) is 0 Å². The van der Waals surface area contributed by atoms with Gasteiger partial charge in [-0.2, -0.15) is 0 Å². The van der Waals surface area contributed by atoms with E-state index in [4.69, 9.17) is 27.9 Å². The maximum absolute atomic E-state index is 13.5. The minimum absolute atomic E-state index is 0.0526. The number of allylic oxidation sites excluding steroid dienone is 1. The Morgan fingerprint density at radius 1 is 1.04 bits per heavy atom. The molecule has 1 aromatic carbocycles. The SMILES string of the molecule is CC1(C)C(C=C(Cl)Cl)[C@H]1C(=O)OCc1c(F)c(F)c(F)c(F)c1F. The molecule has 2 atom stereocenters. The van der Waals surface area contributed by atoms with Crippen LogP contribution in [-0.2, 0) is 16.1 Å². The molecule has 132 valence electrons. The average Bonchev–Trinajstić information content (AvgIpc) is 3.02. The van der Waals surface area contributed by atoms with E-state index in [2.05, 4.69) is 0 Å². The second-order valence-electron chi connectivity index (χ2n) is 5.94. The summed E-state index contributed by atoms with van der Waals surface area (Å²) in [5, 5.41) is 0. The van der Waals surface area contributed by atoms with Crippen LogP contribution in [0.4, 0.5) is 22.0 Å². The van der Waals surface area contributed by atoms with Gasteiger partial charge in [0.25, 0.3) is 0 Å². The molecule has 0 heterocycles. The zero-order chi connectivity index (χ0) is 18.4. The van der Waals surface area contributed by atoms with Gasteiger partial charge in [0.05, 0.1) is 11.5 Å². The van der Waals surface area contributed by atoms with E-state index in [1.165, 1.54) is 6.08 Å². The molecule has 2 nitrogen and oxygen atoms in total. The molecule has 9 heteroatoms. The van der Waals surface area contributed by atoms with Gasteiger partial charge in [0.2, 0.25) is 5.82 Å². The smallest absolute Gasteiger partial charge is 0.310 e. The van der Waals surface area contributed by atoms with Crippen LogP contribution in [0.3, 0.4) is 0 Å². The minimum atomic E-state index is -2.27. The first-order chi connectivity index (χ1) is 11.0. The summed E-state index contributed by atoms with van der Waals surface area (Å²) < 4.78 is 70.8. The van der Waals surface area contributed by atoms with Crippen LogP contribution in [0.5, 0.6) is 0 Å². The third-order valence-electron chi connectivity index (χ3n) is 4.13. The van der Waals surface area contributed by atoms with Crippen LogP contribution >= 0.6 is 23.2 Å². The summed E-state index contributed by atoms with van der Waals surface area (Å²) >= 11 is 11.1. The van der Waals surface area contributed by atoms with Crippen molar-refractivity contribution in [3.05, 3.63) is 45.2 Å². The van der Waals surface area contributed by atoms with E-state index in [-0.39, 0.29) is 10.4 Å². The van der Waals surface area contributed by atoms with Gasteiger partial charge in [0, 0.05) is 0 Å². The zero-order valence-electron chi connectivity index (χ0n) is 12.4. The molecular formula is C15H11Cl2F5O2. The van der Waals surface area contributed by atoms with Crippen LogP contribution in [0, 0.1) is 46.3 Å². The number of rotatable bonds is 4. The summed E-state index contributed by atoms with van der Waals surface area (Å²) in [7, 11) is 0. The summed E-state index contributed by atoms with van der Waals surface area (Å²) in [5.41, 5.74) is -1.76. The highest BCUT2D eigenvalue weighted by Gasteiger charge is 2.61. The molecule has 2 rings (SSSR count). The average molecular weight is 389 g/mol. The van der Waals surface area contributed by atoms with Gasteiger partial charge in [-0.3, -0.25) is 4.79 Å². The summed E-state index contributed by atoms with van der Waals surface area (Å²) in [5.74, 6) is -12.4. The lowest BCUT2D eigenvalue weighted by atomic mass is 10.1. The largest absolute Gasteiger partial charge is 0.460 e.